The molecule has 2 unspecified atom stereocenters. The van der Waals surface area contributed by atoms with Crippen LogP contribution in [0.2, 0.25) is 0 Å². The maximum atomic E-state index is 11.8. The Bertz CT molecular complexity index is 656. The number of nitrogens with zero attached hydrogens (tertiary/aromatic N) is 2. The summed E-state index contributed by atoms with van der Waals surface area (Å²) in [6.07, 6.45) is -2.90. The van der Waals surface area contributed by atoms with Crippen LogP contribution >= 0.6 is 7.82 Å². The van der Waals surface area contributed by atoms with Crippen LogP contribution in [0.4, 0.5) is 5.82 Å². The highest BCUT2D eigenvalue weighted by Gasteiger charge is 2.53. The number of phosphoric ester groups is 1. The van der Waals surface area contributed by atoms with Crippen LogP contribution in [0, 0.1) is 0 Å². The number of rotatable bonds is 4. The van der Waals surface area contributed by atoms with E-state index in [-0.39, 0.29) is 5.82 Å². The molecule has 0 aromatic carbocycles. The van der Waals surface area contributed by atoms with Gasteiger partial charge in [-0.1, -0.05) is 0 Å². The zero-order chi connectivity index (χ0) is 16.7. The highest BCUT2D eigenvalue weighted by atomic mass is 31.2. The molecule has 2 rings (SSSR count). The van der Waals surface area contributed by atoms with Gasteiger partial charge in [-0.15, -0.1) is 0 Å². The second-order valence-electron chi connectivity index (χ2n) is 5.03. The predicted octanol–water partition coefficient (Wildman–Crippen LogP) is -2.06. The molecule has 124 valence electrons. The van der Waals surface area contributed by atoms with E-state index in [0.717, 1.165) is 4.57 Å². The largest absolute Gasteiger partial charge is 0.469 e. The summed E-state index contributed by atoms with van der Waals surface area (Å²) in [5, 5.41) is 20.3. The molecule has 12 heteroatoms. The predicted molar refractivity (Wildman–Crippen MR) is 71.4 cm³/mol. The highest BCUT2D eigenvalue weighted by molar-refractivity contribution is 7.46. The van der Waals surface area contributed by atoms with Gasteiger partial charge in [0.2, 0.25) is 0 Å². The number of nitrogens with two attached hydrogens (primary N) is 1. The van der Waals surface area contributed by atoms with Gasteiger partial charge in [0.05, 0.1) is 6.61 Å². The number of hydrogen-bond donors (Lipinski definition) is 5. The molecule has 1 aromatic rings. The van der Waals surface area contributed by atoms with Crippen LogP contribution in [-0.4, -0.2) is 54.0 Å². The van der Waals surface area contributed by atoms with Gasteiger partial charge < -0.3 is 30.5 Å². The summed E-state index contributed by atoms with van der Waals surface area (Å²) in [6.45, 7) is 0.540. The Morgan fingerprint density at radius 3 is 2.77 bits per heavy atom. The average Bonchev–Trinajstić information content (AvgIpc) is 2.59. The van der Waals surface area contributed by atoms with E-state index < -0.39 is 44.2 Å². The molecule has 1 saturated heterocycles. The zero-order valence-electron chi connectivity index (χ0n) is 11.4. The molecule has 1 aromatic heterocycles. The number of phosphoric acid groups is 1. The Morgan fingerprint density at radius 2 is 2.23 bits per heavy atom. The summed E-state index contributed by atoms with van der Waals surface area (Å²) in [7, 11) is -4.76. The summed E-state index contributed by atoms with van der Waals surface area (Å²) < 4.78 is 21.2. The summed E-state index contributed by atoms with van der Waals surface area (Å²) in [4.78, 5) is 32.6. The Kier molecular flexibility index (Phi) is 4.42. The Labute approximate surface area is 124 Å². The van der Waals surface area contributed by atoms with E-state index in [1.165, 1.54) is 19.2 Å². The van der Waals surface area contributed by atoms with Gasteiger partial charge >= 0.3 is 13.5 Å². The van der Waals surface area contributed by atoms with Crippen molar-refractivity contribution in [2.24, 2.45) is 0 Å². The van der Waals surface area contributed by atoms with Crippen LogP contribution in [0.5, 0.6) is 0 Å². The smallest absolute Gasteiger partial charge is 0.387 e. The van der Waals surface area contributed by atoms with Gasteiger partial charge in [0.25, 0.3) is 0 Å². The molecule has 0 amide bonds. The first-order valence-corrected chi connectivity index (χ1v) is 7.66. The summed E-state index contributed by atoms with van der Waals surface area (Å²) in [6, 6.07) is 1.30. The van der Waals surface area contributed by atoms with Crippen LogP contribution in [0.3, 0.4) is 0 Å². The number of aromatic nitrogens is 2. The van der Waals surface area contributed by atoms with Crippen LogP contribution in [0.1, 0.15) is 13.2 Å². The van der Waals surface area contributed by atoms with Crippen LogP contribution in [-0.2, 0) is 13.8 Å². The molecule has 2 heterocycles. The fraction of sp³-hybridized carbons (Fsp3) is 0.600. The number of aliphatic hydroxyl groups excluding tert-OH is 1. The SMILES string of the molecule is CC1(O)C(O)[C@@H](COP(=O)(O)O)O[C@H]1n1ccc(N)nc1=O. The van der Waals surface area contributed by atoms with Gasteiger partial charge in [0.1, 0.15) is 23.6 Å². The van der Waals surface area contributed by atoms with Gasteiger partial charge in [-0.2, -0.15) is 4.98 Å². The minimum absolute atomic E-state index is 0.0270. The molecule has 1 aliphatic rings. The summed E-state index contributed by atoms with van der Waals surface area (Å²) >= 11 is 0. The Morgan fingerprint density at radius 1 is 1.59 bits per heavy atom. The third-order valence-corrected chi connectivity index (χ3v) is 3.75. The van der Waals surface area contributed by atoms with Crippen molar-refractivity contribution < 1.29 is 33.8 Å². The average molecular weight is 337 g/mol. The molecule has 22 heavy (non-hydrogen) atoms. The quantitative estimate of drug-likeness (QED) is 0.384. The molecule has 1 aliphatic heterocycles. The van der Waals surface area contributed by atoms with Crippen LogP contribution < -0.4 is 11.4 Å². The summed E-state index contributed by atoms with van der Waals surface area (Å²) in [5.41, 5.74) is 2.64. The molecule has 4 atom stereocenters. The van der Waals surface area contributed by atoms with Gasteiger partial charge in [0, 0.05) is 6.20 Å². The van der Waals surface area contributed by atoms with Gasteiger partial charge in [-0.25, -0.2) is 9.36 Å². The highest BCUT2D eigenvalue weighted by Crippen LogP contribution is 2.41. The van der Waals surface area contributed by atoms with Gasteiger partial charge in [-0.05, 0) is 13.0 Å². The summed E-state index contributed by atoms with van der Waals surface area (Å²) in [5.74, 6) is -0.0270. The van der Waals surface area contributed by atoms with Crippen molar-refractivity contribution in [3.63, 3.8) is 0 Å². The molecule has 0 bridgehead atoms. The van der Waals surface area contributed by atoms with Crippen LogP contribution in [0.25, 0.3) is 0 Å². The number of hydrogen-bond acceptors (Lipinski definition) is 8. The van der Waals surface area contributed by atoms with E-state index >= 15 is 0 Å². The topological polar surface area (TPSA) is 177 Å². The van der Waals surface area contributed by atoms with Crippen molar-refractivity contribution in [3.8, 4) is 0 Å². The number of nitrogen functional groups attached to an aromatic ring is 1. The molecule has 1 fully saturated rings. The molecule has 0 spiro atoms. The number of anilines is 1. The lowest BCUT2D eigenvalue weighted by molar-refractivity contribution is -0.0985. The first-order chi connectivity index (χ1) is 10.0. The Hall–Kier alpha value is -1.33. The lowest BCUT2D eigenvalue weighted by Crippen LogP contribution is -2.46. The van der Waals surface area contributed by atoms with Crippen molar-refractivity contribution in [2.75, 3.05) is 12.3 Å². The second kappa shape index (κ2) is 5.70. The van der Waals surface area contributed by atoms with Crippen molar-refractivity contribution in [2.45, 2.75) is 31.0 Å². The van der Waals surface area contributed by atoms with Crippen molar-refractivity contribution >= 4 is 13.6 Å². The fourth-order valence-electron chi connectivity index (χ4n) is 2.15. The van der Waals surface area contributed by atoms with E-state index in [1.54, 1.807) is 0 Å². The van der Waals surface area contributed by atoms with E-state index in [2.05, 4.69) is 9.51 Å². The zero-order valence-corrected chi connectivity index (χ0v) is 12.3. The fourth-order valence-corrected chi connectivity index (χ4v) is 2.49. The van der Waals surface area contributed by atoms with E-state index in [4.69, 9.17) is 20.3 Å². The van der Waals surface area contributed by atoms with Gasteiger partial charge in [-0.3, -0.25) is 9.09 Å². The maximum absolute atomic E-state index is 11.8. The molecular formula is C10H16N3O8P. The molecule has 6 N–H and O–H groups in total. The minimum atomic E-state index is -4.76. The molecular weight excluding hydrogens is 321 g/mol. The molecule has 0 saturated carbocycles. The lowest BCUT2D eigenvalue weighted by atomic mass is 9.96. The van der Waals surface area contributed by atoms with Crippen molar-refractivity contribution in [3.05, 3.63) is 22.7 Å². The van der Waals surface area contributed by atoms with Crippen LogP contribution in [0.15, 0.2) is 17.1 Å². The van der Waals surface area contributed by atoms with Crippen molar-refractivity contribution in [1.82, 2.24) is 9.55 Å². The maximum Gasteiger partial charge on any atom is 0.469 e. The monoisotopic (exact) mass is 337 g/mol. The minimum Gasteiger partial charge on any atom is -0.387 e. The third-order valence-electron chi connectivity index (χ3n) is 3.27. The van der Waals surface area contributed by atoms with Gasteiger partial charge in [0.15, 0.2) is 6.23 Å². The number of ether oxygens (including phenoxy) is 1. The third kappa shape index (κ3) is 3.36. The van der Waals surface area contributed by atoms with E-state index in [9.17, 15) is 19.6 Å². The van der Waals surface area contributed by atoms with E-state index in [1.807, 2.05) is 0 Å². The van der Waals surface area contributed by atoms with Crippen molar-refractivity contribution in [1.29, 1.82) is 0 Å². The van der Waals surface area contributed by atoms with E-state index in [0.29, 0.717) is 0 Å². The Balaban J connectivity index is 2.26. The first-order valence-electron chi connectivity index (χ1n) is 6.13. The molecule has 11 nitrogen and oxygen atoms in total. The molecule has 0 radical (unpaired) electrons. The molecule has 0 aliphatic carbocycles. The lowest BCUT2D eigenvalue weighted by Gasteiger charge is -2.27. The first kappa shape index (κ1) is 17.0. The standard InChI is InChI=1S/C10H16N3O8P/c1-10(16)7(14)5(4-20-22(17,18)19)21-8(10)13-3-2-6(11)12-9(13)15/h2-3,5,7-8,14,16H,4H2,1H3,(H2,11,12,15)(H2,17,18,19)/t5-,7?,8-,10?/m1/s1. The normalized spacial score (nSPS) is 32.3. The second-order valence-corrected chi connectivity index (χ2v) is 6.27. The number of aliphatic hydroxyl groups is 2.